The summed E-state index contributed by atoms with van der Waals surface area (Å²) in [6.07, 6.45) is 2.47. The Morgan fingerprint density at radius 1 is 1.10 bits per heavy atom. The molecule has 0 fully saturated rings. The number of aryl methyl sites for hydroxylation is 1. The molecule has 0 aliphatic heterocycles. The van der Waals surface area contributed by atoms with Crippen molar-refractivity contribution in [3.8, 4) is 11.5 Å². The molecule has 5 heteroatoms. The van der Waals surface area contributed by atoms with Crippen molar-refractivity contribution in [3.05, 3.63) is 63.6 Å². The van der Waals surface area contributed by atoms with E-state index in [0.29, 0.717) is 27.1 Å². The van der Waals surface area contributed by atoms with Crippen LogP contribution in [0.3, 0.4) is 0 Å². The van der Waals surface area contributed by atoms with Crippen molar-refractivity contribution in [2.45, 2.75) is 6.92 Å². The van der Waals surface area contributed by atoms with E-state index in [1.807, 2.05) is 13.0 Å². The van der Waals surface area contributed by atoms with Gasteiger partial charge in [-0.25, -0.2) is 4.79 Å². The molecule has 2 aromatic rings. The monoisotopic (exact) mass is 322 g/mol. The van der Waals surface area contributed by atoms with E-state index in [0.717, 1.165) is 11.6 Å². The van der Waals surface area contributed by atoms with Crippen LogP contribution in [0.2, 0.25) is 10.0 Å². The van der Waals surface area contributed by atoms with Gasteiger partial charge in [0.25, 0.3) is 0 Å². The number of aliphatic carboxylic acids is 1. The van der Waals surface area contributed by atoms with Gasteiger partial charge in [0, 0.05) is 21.7 Å². The normalized spacial score (nSPS) is 10.8. The summed E-state index contributed by atoms with van der Waals surface area (Å²) >= 11 is 11.9. The Balaban J connectivity index is 2.39. The summed E-state index contributed by atoms with van der Waals surface area (Å²) in [5.41, 5.74) is 1.49. The van der Waals surface area contributed by atoms with Crippen molar-refractivity contribution in [1.82, 2.24) is 0 Å². The molecule has 0 heterocycles. The SMILES string of the molecule is Cc1ccc(Cl)cc1Oc1ccc(Cl)cc1/C=C/C(=O)O. The molecule has 0 radical (unpaired) electrons. The highest BCUT2D eigenvalue weighted by molar-refractivity contribution is 6.31. The van der Waals surface area contributed by atoms with Gasteiger partial charge in [0.15, 0.2) is 0 Å². The molecule has 2 rings (SSSR count). The molecule has 108 valence electrons. The third-order valence-corrected chi connectivity index (χ3v) is 3.22. The highest BCUT2D eigenvalue weighted by Crippen LogP contribution is 2.32. The summed E-state index contributed by atoms with van der Waals surface area (Å²) in [5.74, 6) is 0.0666. The quantitative estimate of drug-likeness (QED) is 0.787. The van der Waals surface area contributed by atoms with E-state index >= 15 is 0 Å². The van der Waals surface area contributed by atoms with Crippen LogP contribution in [0.5, 0.6) is 11.5 Å². The molecule has 0 saturated carbocycles. The lowest BCUT2D eigenvalue weighted by Crippen LogP contribution is -1.91. The summed E-state index contributed by atoms with van der Waals surface area (Å²) in [4.78, 5) is 10.6. The highest BCUT2D eigenvalue weighted by atomic mass is 35.5. The van der Waals surface area contributed by atoms with Crippen molar-refractivity contribution >= 4 is 35.2 Å². The molecule has 1 N–H and O–H groups in total. The van der Waals surface area contributed by atoms with Crippen molar-refractivity contribution in [1.29, 1.82) is 0 Å². The van der Waals surface area contributed by atoms with Gasteiger partial charge >= 0.3 is 5.97 Å². The number of rotatable bonds is 4. The maximum atomic E-state index is 10.6. The third-order valence-electron chi connectivity index (χ3n) is 2.75. The summed E-state index contributed by atoms with van der Waals surface area (Å²) in [7, 11) is 0. The molecule has 0 unspecified atom stereocenters. The van der Waals surface area contributed by atoms with E-state index in [-0.39, 0.29) is 0 Å². The molecule has 0 spiro atoms. The number of hydrogen-bond acceptors (Lipinski definition) is 2. The number of hydrogen-bond donors (Lipinski definition) is 1. The van der Waals surface area contributed by atoms with Crippen LogP contribution in [0.15, 0.2) is 42.5 Å². The fraction of sp³-hybridized carbons (Fsp3) is 0.0625. The van der Waals surface area contributed by atoms with Crippen LogP contribution in [-0.4, -0.2) is 11.1 Å². The fourth-order valence-electron chi connectivity index (χ4n) is 1.71. The summed E-state index contributed by atoms with van der Waals surface area (Å²) in [5, 5.41) is 9.78. The topological polar surface area (TPSA) is 46.5 Å². The number of benzene rings is 2. The number of halogens is 2. The molecular formula is C16H12Cl2O3. The van der Waals surface area contributed by atoms with Crippen LogP contribution in [0.4, 0.5) is 0 Å². The van der Waals surface area contributed by atoms with Crippen LogP contribution in [-0.2, 0) is 4.79 Å². The van der Waals surface area contributed by atoms with E-state index < -0.39 is 5.97 Å². The van der Waals surface area contributed by atoms with Crippen molar-refractivity contribution in [2.24, 2.45) is 0 Å². The first-order valence-corrected chi connectivity index (χ1v) is 6.86. The van der Waals surface area contributed by atoms with E-state index in [1.165, 1.54) is 6.08 Å². The first-order chi connectivity index (χ1) is 9.95. The summed E-state index contributed by atoms with van der Waals surface area (Å²) < 4.78 is 5.82. The second kappa shape index (κ2) is 6.66. The molecule has 21 heavy (non-hydrogen) atoms. The van der Waals surface area contributed by atoms with Crippen LogP contribution >= 0.6 is 23.2 Å². The predicted octanol–water partition coefficient (Wildman–Crippen LogP) is 5.19. The second-order valence-electron chi connectivity index (χ2n) is 4.37. The Morgan fingerprint density at radius 2 is 1.76 bits per heavy atom. The van der Waals surface area contributed by atoms with Crippen molar-refractivity contribution in [2.75, 3.05) is 0 Å². The summed E-state index contributed by atoms with van der Waals surface area (Å²) in [6.45, 7) is 1.90. The molecule has 0 bridgehead atoms. The zero-order valence-electron chi connectivity index (χ0n) is 11.1. The minimum Gasteiger partial charge on any atom is -0.478 e. The molecule has 0 aliphatic rings. The first-order valence-electron chi connectivity index (χ1n) is 6.10. The Hall–Kier alpha value is -1.97. The average Bonchev–Trinajstić information content (AvgIpc) is 2.43. The molecule has 3 nitrogen and oxygen atoms in total. The van der Waals surface area contributed by atoms with Crippen LogP contribution < -0.4 is 4.74 Å². The Morgan fingerprint density at radius 3 is 2.48 bits per heavy atom. The van der Waals surface area contributed by atoms with Crippen molar-refractivity contribution < 1.29 is 14.6 Å². The Labute approximate surface area is 132 Å². The maximum Gasteiger partial charge on any atom is 0.328 e. The largest absolute Gasteiger partial charge is 0.478 e. The van der Waals surface area contributed by atoms with E-state index in [2.05, 4.69) is 0 Å². The van der Waals surface area contributed by atoms with Gasteiger partial charge in [0.05, 0.1) is 0 Å². The van der Waals surface area contributed by atoms with Gasteiger partial charge in [-0.3, -0.25) is 0 Å². The number of carbonyl (C=O) groups is 1. The van der Waals surface area contributed by atoms with E-state index in [4.69, 9.17) is 33.0 Å². The summed E-state index contributed by atoms with van der Waals surface area (Å²) in [6, 6.07) is 10.3. The van der Waals surface area contributed by atoms with Crippen LogP contribution in [0, 0.1) is 6.92 Å². The minimum atomic E-state index is -1.04. The fourth-order valence-corrected chi connectivity index (χ4v) is 2.05. The molecule has 0 amide bonds. The number of ether oxygens (including phenoxy) is 1. The average molecular weight is 323 g/mol. The number of carboxylic acid groups (broad SMARTS) is 1. The standard InChI is InChI=1S/C16H12Cl2O3/c1-10-2-4-13(18)9-15(10)21-14-6-5-12(17)8-11(14)3-7-16(19)20/h2-9H,1H3,(H,19,20)/b7-3+. The van der Waals surface area contributed by atoms with Gasteiger partial charge in [-0.05, 0) is 48.9 Å². The maximum absolute atomic E-state index is 10.6. The van der Waals surface area contributed by atoms with Crippen LogP contribution in [0.1, 0.15) is 11.1 Å². The highest BCUT2D eigenvalue weighted by Gasteiger charge is 2.07. The van der Waals surface area contributed by atoms with Gasteiger partial charge in [-0.15, -0.1) is 0 Å². The van der Waals surface area contributed by atoms with Crippen LogP contribution in [0.25, 0.3) is 6.08 Å². The lowest BCUT2D eigenvalue weighted by atomic mass is 10.1. The predicted molar refractivity (Wildman–Crippen MR) is 84.4 cm³/mol. The van der Waals surface area contributed by atoms with E-state index in [1.54, 1.807) is 30.3 Å². The van der Waals surface area contributed by atoms with Gasteiger partial charge in [0.1, 0.15) is 11.5 Å². The van der Waals surface area contributed by atoms with Crippen molar-refractivity contribution in [3.63, 3.8) is 0 Å². The van der Waals surface area contributed by atoms with Gasteiger partial charge in [0.2, 0.25) is 0 Å². The van der Waals surface area contributed by atoms with Gasteiger partial charge in [-0.1, -0.05) is 29.3 Å². The zero-order valence-corrected chi connectivity index (χ0v) is 12.7. The second-order valence-corrected chi connectivity index (χ2v) is 5.24. The van der Waals surface area contributed by atoms with E-state index in [9.17, 15) is 4.79 Å². The molecule has 0 saturated heterocycles. The van der Waals surface area contributed by atoms with Gasteiger partial charge < -0.3 is 9.84 Å². The number of carboxylic acids is 1. The zero-order chi connectivity index (χ0) is 15.4. The van der Waals surface area contributed by atoms with Gasteiger partial charge in [-0.2, -0.15) is 0 Å². The minimum absolute atomic E-state index is 0.496. The first kappa shape index (κ1) is 15.4. The molecule has 0 aromatic heterocycles. The molecular weight excluding hydrogens is 311 g/mol. The smallest absolute Gasteiger partial charge is 0.328 e. The Bertz CT molecular complexity index is 709. The molecule has 2 aromatic carbocycles. The lowest BCUT2D eigenvalue weighted by molar-refractivity contribution is -0.131. The third kappa shape index (κ3) is 4.25. The molecule has 0 atom stereocenters. The lowest BCUT2D eigenvalue weighted by Gasteiger charge is -2.11. The Kier molecular flexibility index (Phi) is 4.89. The molecule has 0 aliphatic carbocycles.